The maximum Gasteiger partial charge on any atom is 0.296 e. The molecule has 0 N–H and O–H groups in total. The summed E-state index contributed by atoms with van der Waals surface area (Å²) < 4.78 is 33.7. The van der Waals surface area contributed by atoms with Crippen LogP contribution in [0.1, 0.15) is 25.3 Å². The Balaban J connectivity index is 2.48. The lowest BCUT2D eigenvalue weighted by atomic mass is 10.2. The number of methoxy groups -OCH3 is 1. The smallest absolute Gasteiger partial charge is 0.296 e. The van der Waals surface area contributed by atoms with Crippen molar-refractivity contribution in [3.8, 4) is 0 Å². The summed E-state index contributed by atoms with van der Waals surface area (Å²) in [5.41, 5.74) is 1.02. The van der Waals surface area contributed by atoms with Crippen LogP contribution in [0.4, 0.5) is 0 Å². The molecule has 5 heteroatoms. The Hall–Kier alpha value is -0.910. The summed E-state index contributed by atoms with van der Waals surface area (Å²) in [5.74, 6) is 0. The standard InChI is InChI=1S/C13H20O4S/c1-11-6-8-13(9-7-11)18(14,15)17-10-4-5-12(2)16-3/h6-9,12H,4-5,10H2,1-3H3/t12-/m1/s1. The van der Waals surface area contributed by atoms with Gasteiger partial charge in [0.25, 0.3) is 10.1 Å². The molecule has 0 saturated heterocycles. The summed E-state index contributed by atoms with van der Waals surface area (Å²) >= 11 is 0. The van der Waals surface area contributed by atoms with Crippen molar-refractivity contribution in [2.75, 3.05) is 13.7 Å². The first kappa shape index (κ1) is 15.1. The Morgan fingerprint density at radius 3 is 2.39 bits per heavy atom. The Kier molecular flexibility index (Phi) is 5.78. The molecule has 0 aliphatic heterocycles. The van der Waals surface area contributed by atoms with Crippen molar-refractivity contribution in [1.29, 1.82) is 0 Å². The molecule has 0 fully saturated rings. The van der Waals surface area contributed by atoms with Gasteiger partial charge in [-0.1, -0.05) is 17.7 Å². The number of benzene rings is 1. The zero-order valence-electron chi connectivity index (χ0n) is 11.0. The first-order valence-corrected chi connectivity index (χ1v) is 7.35. The zero-order valence-corrected chi connectivity index (χ0v) is 11.9. The average Bonchev–Trinajstić information content (AvgIpc) is 2.35. The van der Waals surface area contributed by atoms with Gasteiger partial charge in [-0.2, -0.15) is 8.42 Å². The molecule has 1 atom stereocenters. The summed E-state index contributed by atoms with van der Waals surface area (Å²) in [6.45, 7) is 4.03. The maximum atomic E-state index is 11.8. The zero-order chi connectivity index (χ0) is 13.6. The fourth-order valence-corrected chi connectivity index (χ4v) is 2.37. The van der Waals surface area contributed by atoms with Gasteiger partial charge in [0.05, 0.1) is 17.6 Å². The van der Waals surface area contributed by atoms with Crippen molar-refractivity contribution in [3.05, 3.63) is 29.8 Å². The lowest BCUT2D eigenvalue weighted by Gasteiger charge is -2.09. The third-order valence-electron chi connectivity index (χ3n) is 2.71. The molecule has 0 saturated carbocycles. The first-order chi connectivity index (χ1) is 8.45. The molecule has 0 aromatic heterocycles. The van der Waals surface area contributed by atoms with Crippen LogP contribution < -0.4 is 0 Å². The molecule has 0 unspecified atom stereocenters. The van der Waals surface area contributed by atoms with Crippen molar-refractivity contribution < 1.29 is 17.3 Å². The Labute approximate surface area is 109 Å². The van der Waals surface area contributed by atoms with Gasteiger partial charge < -0.3 is 4.74 Å². The van der Waals surface area contributed by atoms with E-state index in [0.29, 0.717) is 6.42 Å². The van der Waals surface area contributed by atoms with E-state index in [1.165, 1.54) is 0 Å². The minimum Gasteiger partial charge on any atom is -0.382 e. The van der Waals surface area contributed by atoms with Gasteiger partial charge in [-0.25, -0.2) is 0 Å². The van der Waals surface area contributed by atoms with Gasteiger partial charge in [0.15, 0.2) is 0 Å². The van der Waals surface area contributed by atoms with Crippen LogP contribution in [0.2, 0.25) is 0 Å². The van der Waals surface area contributed by atoms with E-state index in [-0.39, 0.29) is 17.6 Å². The lowest BCUT2D eigenvalue weighted by Crippen LogP contribution is -2.10. The summed E-state index contributed by atoms with van der Waals surface area (Å²) in [5, 5.41) is 0. The third-order valence-corrected chi connectivity index (χ3v) is 4.03. The summed E-state index contributed by atoms with van der Waals surface area (Å²) in [6, 6.07) is 6.62. The van der Waals surface area contributed by atoms with Gasteiger partial charge in [-0.3, -0.25) is 4.18 Å². The second kappa shape index (κ2) is 6.87. The largest absolute Gasteiger partial charge is 0.382 e. The van der Waals surface area contributed by atoms with Crippen molar-refractivity contribution in [3.63, 3.8) is 0 Å². The summed E-state index contributed by atoms with van der Waals surface area (Å²) in [4.78, 5) is 0.202. The van der Waals surface area contributed by atoms with Crippen LogP contribution in [-0.2, 0) is 19.0 Å². The Morgan fingerprint density at radius 1 is 1.22 bits per heavy atom. The second-order valence-electron chi connectivity index (χ2n) is 4.28. The van der Waals surface area contributed by atoms with Crippen LogP contribution in [0, 0.1) is 6.92 Å². The fraction of sp³-hybridized carbons (Fsp3) is 0.538. The quantitative estimate of drug-likeness (QED) is 0.565. The Morgan fingerprint density at radius 2 is 1.83 bits per heavy atom. The monoisotopic (exact) mass is 272 g/mol. The lowest BCUT2D eigenvalue weighted by molar-refractivity contribution is 0.104. The SMILES string of the molecule is CO[C@H](C)CCCOS(=O)(=O)c1ccc(C)cc1. The predicted molar refractivity (Wildman–Crippen MR) is 70.0 cm³/mol. The predicted octanol–water partition coefficient (Wildman–Crippen LogP) is 2.52. The van der Waals surface area contributed by atoms with Crippen LogP contribution in [-0.4, -0.2) is 28.2 Å². The van der Waals surface area contributed by atoms with Crippen molar-refractivity contribution >= 4 is 10.1 Å². The van der Waals surface area contributed by atoms with E-state index in [0.717, 1.165) is 12.0 Å². The number of rotatable bonds is 7. The highest BCUT2D eigenvalue weighted by Gasteiger charge is 2.14. The van der Waals surface area contributed by atoms with E-state index in [4.69, 9.17) is 8.92 Å². The number of hydrogen-bond acceptors (Lipinski definition) is 4. The van der Waals surface area contributed by atoms with Crippen molar-refractivity contribution in [2.45, 2.75) is 37.7 Å². The van der Waals surface area contributed by atoms with Gasteiger partial charge in [0, 0.05) is 7.11 Å². The highest BCUT2D eigenvalue weighted by Crippen LogP contribution is 2.14. The molecular weight excluding hydrogens is 252 g/mol. The third kappa shape index (κ3) is 4.76. The minimum atomic E-state index is -3.62. The highest BCUT2D eigenvalue weighted by molar-refractivity contribution is 7.86. The van der Waals surface area contributed by atoms with Crippen LogP contribution in [0.15, 0.2) is 29.2 Å². The fourth-order valence-electron chi connectivity index (χ4n) is 1.43. The molecule has 1 rings (SSSR count). The average molecular weight is 272 g/mol. The second-order valence-corrected chi connectivity index (χ2v) is 5.89. The van der Waals surface area contributed by atoms with E-state index in [1.54, 1.807) is 31.4 Å². The van der Waals surface area contributed by atoms with Gasteiger partial charge in [-0.05, 0) is 38.8 Å². The number of hydrogen-bond donors (Lipinski definition) is 0. The molecule has 1 aromatic rings. The molecule has 0 heterocycles. The molecule has 0 amide bonds. The first-order valence-electron chi connectivity index (χ1n) is 5.94. The van der Waals surface area contributed by atoms with Gasteiger partial charge in [-0.15, -0.1) is 0 Å². The summed E-state index contributed by atoms with van der Waals surface area (Å²) in [6.07, 6.45) is 1.55. The molecular formula is C13H20O4S. The number of ether oxygens (including phenoxy) is 1. The van der Waals surface area contributed by atoms with E-state index in [1.807, 2.05) is 13.8 Å². The summed E-state index contributed by atoms with van der Waals surface area (Å²) in [7, 11) is -1.99. The van der Waals surface area contributed by atoms with E-state index in [9.17, 15) is 8.42 Å². The highest BCUT2D eigenvalue weighted by atomic mass is 32.2. The number of aryl methyl sites for hydroxylation is 1. The maximum absolute atomic E-state index is 11.8. The molecule has 18 heavy (non-hydrogen) atoms. The van der Waals surface area contributed by atoms with Gasteiger partial charge in [0.2, 0.25) is 0 Å². The van der Waals surface area contributed by atoms with E-state index in [2.05, 4.69) is 0 Å². The molecule has 0 bridgehead atoms. The molecule has 0 aliphatic carbocycles. The van der Waals surface area contributed by atoms with Crippen LogP contribution in [0.3, 0.4) is 0 Å². The molecule has 1 aromatic carbocycles. The van der Waals surface area contributed by atoms with Gasteiger partial charge in [0.1, 0.15) is 0 Å². The van der Waals surface area contributed by atoms with E-state index < -0.39 is 10.1 Å². The molecule has 0 aliphatic rings. The molecule has 4 nitrogen and oxygen atoms in total. The van der Waals surface area contributed by atoms with Crippen LogP contribution >= 0.6 is 0 Å². The van der Waals surface area contributed by atoms with Crippen molar-refractivity contribution in [2.24, 2.45) is 0 Å². The van der Waals surface area contributed by atoms with E-state index >= 15 is 0 Å². The van der Waals surface area contributed by atoms with Crippen molar-refractivity contribution in [1.82, 2.24) is 0 Å². The van der Waals surface area contributed by atoms with Crippen LogP contribution in [0.25, 0.3) is 0 Å². The molecule has 0 radical (unpaired) electrons. The Bertz CT molecular complexity index is 450. The molecule has 0 spiro atoms. The van der Waals surface area contributed by atoms with Crippen LogP contribution in [0.5, 0.6) is 0 Å². The molecule has 102 valence electrons. The minimum absolute atomic E-state index is 0.121. The normalized spacial score (nSPS) is 13.5. The topological polar surface area (TPSA) is 52.6 Å². The van der Waals surface area contributed by atoms with Gasteiger partial charge >= 0.3 is 0 Å².